The Hall–Kier alpha value is -3.01. The summed E-state index contributed by atoms with van der Waals surface area (Å²) in [6, 6.07) is 21.0. The molecule has 0 saturated heterocycles. The van der Waals surface area contributed by atoms with Gasteiger partial charge in [-0.2, -0.15) is 0 Å². The minimum absolute atomic E-state index is 0.155. The number of anilines is 1. The Bertz CT molecular complexity index is 907. The number of para-hydroxylation sites is 2. The molecule has 3 rings (SSSR count). The van der Waals surface area contributed by atoms with Crippen molar-refractivity contribution in [2.75, 3.05) is 11.9 Å². The molecule has 0 saturated carbocycles. The van der Waals surface area contributed by atoms with E-state index >= 15 is 0 Å². The van der Waals surface area contributed by atoms with E-state index in [4.69, 9.17) is 4.74 Å². The van der Waals surface area contributed by atoms with Crippen LogP contribution in [0.3, 0.4) is 0 Å². The lowest BCUT2D eigenvalue weighted by Gasteiger charge is -2.21. The Morgan fingerprint density at radius 2 is 1.78 bits per heavy atom. The molecule has 3 aromatic rings. The number of unbranched alkanes of at least 4 members (excludes halogenated alkanes) is 1. The quantitative estimate of drug-likeness (QED) is 0.318. The van der Waals surface area contributed by atoms with E-state index in [9.17, 15) is 9.90 Å². The van der Waals surface area contributed by atoms with Gasteiger partial charge in [0.05, 0.1) is 24.8 Å². The second-order valence-electron chi connectivity index (χ2n) is 6.60. The fraction of sp³-hybridized carbons (Fsp3) is 0.261. The number of fused-ring (bicyclic) bond motifs is 1. The van der Waals surface area contributed by atoms with Crippen molar-refractivity contribution in [3.05, 3.63) is 72.3 Å². The molecule has 4 heteroatoms. The molecular weight excluding hydrogens is 338 g/mol. The van der Waals surface area contributed by atoms with Crippen molar-refractivity contribution in [1.82, 2.24) is 0 Å². The number of nitrogens with one attached hydrogen (secondary N) is 1. The molecule has 0 fully saturated rings. The number of ether oxygens (including phenoxy) is 1. The van der Waals surface area contributed by atoms with Gasteiger partial charge in [0.2, 0.25) is 0 Å². The van der Waals surface area contributed by atoms with Gasteiger partial charge in [-0.25, -0.2) is 0 Å². The zero-order valence-corrected chi connectivity index (χ0v) is 15.5. The number of carbonyl (C=O) groups is 1. The summed E-state index contributed by atoms with van der Waals surface area (Å²) < 4.78 is 5.35. The maximum absolute atomic E-state index is 12.3. The number of carbonyl (C=O) groups excluding carboxylic acids is 1. The molecule has 3 aromatic carbocycles. The summed E-state index contributed by atoms with van der Waals surface area (Å²) >= 11 is 0. The first kappa shape index (κ1) is 18.8. The van der Waals surface area contributed by atoms with Crippen LogP contribution in [0.4, 0.5) is 5.69 Å². The van der Waals surface area contributed by atoms with Crippen LogP contribution in [-0.4, -0.2) is 17.7 Å². The molecule has 0 aliphatic rings. The predicted octanol–water partition coefficient (Wildman–Crippen LogP) is 5.43. The molecular formula is C23H25NO3. The van der Waals surface area contributed by atoms with Crippen LogP contribution in [0.5, 0.6) is 5.75 Å². The topological polar surface area (TPSA) is 58.6 Å². The van der Waals surface area contributed by atoms with Crippen molar-refractivity contribution >= 4 is 22.4 Å². The van der Waals surface area contributed by atoms with Crippen LogP contribution in [0.1, 0.15) is 37.8 Å². The van der Waals surface area contributed by atoms with Gasteiger partial charge in [0, 0.05) is 0 Å². The number of aromatic hydroxyl groups is 1. The van der Waals surface area contributed by atoms with E-state index < -0.39 is 0 Å². The van der Waals surface area contributed by atoms with Gasteiger partial charge in [-0.05, 0) is 41.0 Å². The Morgan fingerprint density at radius 3 is 2.56 bits per heavy atom. The van der Waals surface area contributed by atoms with Gasteiger partial charge in [0.25, 0.3) is 0 Å². The fourth-order valence-corrected chi connectivity index (χ4v) is 3.02. The SMILES string of the molecule is CCCCOC(=O)CC(Nc1ccccc1O)c1ccc2ccccc2c1. The van der Waals surface area contributed by atoms with Crippen molar-refractivity contribution in [3.8, 4) is 5.75 Å². The van der Waals surface area contributed by atoms with E-state index in [0.717, 1.165) is 29.2 Å². The van der Waals surface area contributed by atoms with Crippen LogP contribution in [-0.2, 0) is 9.53 Å². The molecule has 0 amide bonds. The summed E-state index contributed by atoms with van der Waals surface area (Å²) in [6.07, 6.45) is 2.03. The van der Waals surface area contributed by atoms with Gasteiger partial charge in [0.15, 0.2) is 0 Å². The first-order valence-corrected chi connectivity index (χ1v) is 9.36. The highest BCUT2D eigenvalue weighted by Gasteiger charge is 2.18. The third-order valence-electron chi connectivity index (χ3n) is 4.54. The highest BCUT2D eigenvalue weighted by atomic mass is 16.5. The predicted molar refractivity (Wildman–Crippen MR) is 109 cm³/mol. The normalized spacial score (nSPS) is 11.9. The molecule has 0 aromatic heterocycles. The first-order valence-electron chi connectivity index (χ1n) is 9.36. The third-order valence-corrected chi connectivity index (χ3v) is 4.54. The third kappa shape index (κ3) is 5.00. The highest BCUT2D eigenvalue weighted by Crippen LogP contribution is 2.30. The summed E-state index contributed by atoms with van der Waals surface area (Å²) in [5.41, 5.74) is 1.57. The summed E-state index contributed by atoms with van der Waals surface area (Å²) in [7, 11) is 0. The van der Waals surface area contributed by atoms with Crippen LogP contribution >= 0.6 is 0 Å². The lowest BCUT2D eigenvalue weighted by atomic mass is 9.99. The van der Waals surface area contributed by atoms with E-state index in [1.165, 1.54) is 0 Å². The second kappa shape index (κ2) is 9.08. The summed E-state index contributed by atoms with van der Waals surface area (Å²) in [5.74, 6) is -0.0906. The zero-order chi connectivity index (χ0) is 19.1. The molecule has 1 unspecified atom stereocenters. The number of benzene rings is 3. The van der Waals surface area contributed by atoms with Crippen LogP contribution in [0.2, 0.25) is 0 Å². The van der Waals surface area contributed by atoms with E-state index in [1.807, 2.05) is 30.3 Å². The Balaban J connectivity index is 1.85. The van der Waals surface area contributed by atoms with Crippen molar-refractivity contribution in [2.24, 2.45) is 0 Å². The van der Waals surface area contributed by atoms with Crippen molar-refractivity contribution < 1.29 is 14.6 Å². The number of hydrogen-bond acceptors (Lipinski definition) is 4. The molecule has 140 valence electrons. The molecule has 0 radical (unpaired) electrons. The molecule has 2 N–H and O–H groups in total. The molecule has 4 nitrogen and oxygen atoms in total. The Labute approximate surface area is 159 Å². The summed E-state index contributed by atoms with van der Waals surface area (Å²) in [4.78, 5) is 12.3. The summed E-state index contributed by atoms with van der Waals surface area (Å²) in [5, 5.41) is 15.7. The van der Waals surface area contributed by atoms with E-state index in [-0.39, 0.29) is 24.2 Å². The van der Waals surface area contributed by atoms with Gasteiger partial charge >= 0.3 is 5.97 Å². The monoisotopic (exact) mass is 363 g/mol. The first-order chi connectivity index (χ1) is 13.2. The standard InChI is InChI=1S/C23H25NO3/c1-2-3-14-27-23(26)16-21(24-20-10-6-7-11-22(20)25)19-13-12-17-8-4-5-9-18(17)15-19/h4-13,15,21,24-25H,2-3,14,16H2,1H3. The number of phenols is 1. The Morgan fingerprint density at radius 1 is 1.04 bits per heavy atom. The highest BCUT2D eigenvalue weighted by molar-refractivity contribution is 5.83. The maximum Gasteiger partial charge on any atom is 0.308 e. The van der Waals surface area contributed by atoms with Crippen LogP contribution in [0.15, 0.2) is 66.7 Å². The number of phenolic OH excluding ortho intramolecular Hbond substituents is 1. The second-order valence-corrected chi connectivity index (χ2v) is 6.60. The van der Waals surface area contributed by atoms with E-state index in [2.05, 4.69) is 30.4 Å². The minimum atomic E-state index is -0.294. The smallest absolute Gasteiger partial charge is 0.308 e. The molecule has 27 heavy (non-hydrogen) atoms. The molecule has 0 spiro atoms. The van der Waals surface area contributed by atoms with E-state index in [0.29, 0.717) is 12.3 Å². The number of esters is 1. The van der Waals surface area contributed by atoms with Gasteiger partial charge in [-0.3, -0.25) is 4.79 Å². The summed E-state index contributed by atoms with van der Waals surface area (Å²) in [6.45, 7) is 2.50. The molecule has 0 heterocycles. The van der Waals surface area contributed by atoms with E-state index in [1.54, 1.807) is 18.2 Å². The lowest BCUT2D eigenvalue weighted by molar-refractivity contribution is -0.144. The van der Waals surface area contributed by atoms with Gasteiger partial charge in [0.1, 0.15) is 5.75 Å². The molecule has 0 aliphatic heterocycles. The fourth-order valence-electron chi connectivity index (χ4n) is 3.02. The van der Waals surface area contributed by atoms with Gasteiger partial charge < -0.3 is 15.2 Å². The molecule has 0 aliphatic carbocycles. The maximum atomic E-state index is 12.3. The molecule has 0 bridgehead atoms. The lowest BCUT2D eigenvalue weighted by Crippen LogP contribution is -2.17. The number of hydrogen-bond donors (Lipinski definition) is 2. The minimum Gasteiger partial charge on any atom is -0.506 e. The Kier molecular flexibility index (Phi) is 6.31. The molecule has 1 atom stereocenters. The van der Waals surface area contributed by atoms with Gasteiger partial charge in [-0.15, -0.1) is 0 Å². The van der Waals surface area contributed by atoms with Gasteiger partial charge in [-0.1, -0.05) is 61.9 Å². The largest absolute Gasteiger partial charge is 0.506 e. The van der Waals surface area contributed by atoms with Crippen LogP contribution < -0.4 is 5.32 Å². The van der Waals surface area contributed by atoms with Crippen LogP contribution in [0, 0.1) is 0 Å². The zero-order valence-electron chi connectivity index (χ0n) is 15.5. The van der Waals surface area contributed by atoms with Crippen molar-refractivity contribution in [3.63, 3.8) is 0 Å². The average molecular weight is 363 g/mol. The van der Waals surface area contributed by atoms with Crippen molar-refractivity contribution in [1.29, 1.82) is 0 Å². The van der Waals surface area contributed by atoms with Crippen molar-refractivity contribution in [2.45, 2.75) is 32.2 Å². The van der Waals surface area contributed by atoms with Crippen LogP contribution in [0.25, 0.3) is 10.8 Å². The average Bonchev–Trinajstić information content (AvgIpc) is 2.69. The number of rotatable bonds is 8.